The normalized spacial score (nSPS) is 36.0. The molecule has 0 heterocycles. The van der Waals surface area contributed by atoms with Gasteiger partial charge in [-0.3, -0.25) is 0 Å². The first-order valence-electron chi connectivity index (χ1n) is 16.9. The van der Waals surface area contributed by atoms with Crippen LogP contribution in [0.1, 0.15) is 111 Å². The number of carboxylic acids is 1. The fraction of sp³-hybridized carbons (Fsp3) is 0.711. The van der Waals surface area contributed by atoms with Crippen molar-refractivity contribution in [3.05, 3.63) is 41.0 Å². The van der Waals surface area contributed by atoms with E-state index in [4.69, 9.17) is 4.74 Å². The van der Waals surface area contributed by atoms with E-state index in [0.29, 0.717) is 16.7 Å². The van der Waals surface area contributed by atoms with E-state index in [-0.39, 0.29) is 17.1 Å². The molecular formula is C38H56O4. The molecule has 2 N–H and O–H groups in total. The predicted molar refractivity (Wildman–Crippen MR) is 171 cm³/mol. The molecule has 42 heavy (non-hydrogen) atoms. The lowest BCUT2D eigenvalue weighted by Crippen LogP contribution is -2.50. The van der Waals surface area contributed by atoms with E-state index < -0.39 is 5.97 Å². The molecule has 9 atom stereocenters. The zero-order valence-electron chi connectivity index (χ0n) is 27.3. The highest BCUT2D eigenvalue weighted by Crippen LogP contribution is 2.67. The number of fused-ring (bicyclic) bond motifs is 5. The zero-order chi connectivity index (χ0) is 30.4. The maximum atomic E-state index is 12.5. The van der Waals surface area contributed by atoms with Crippen LogP contribution >= 0.6 is 0 Å². The Hall–Kier alpha value is -2.23. The first-order chi connectivity index (χ1) is 19.9. The lowest BCUT2D eigenvalue weighted by molar-refractivity contribution is -0.133. The van der Waals surface area contributed by atoms with Crippen molar-refractivity contribution in [1.82, 2.24) is 0 Å². The summed E-state index contributed by atoms with van der Waals surface area (Å²) in [5.74, 6) is 5.19. The number of carboxylic acid groups (broad SMARTS) is 1. The second-order valence-corrected chi connectivity index (χ2v) is 15.5. The van der Waals surface area contributed by atoms with Crippen molar-refractivity contribution in [1.29, 1.82) is 0 Å². The SMILES string of the molecule is COc1cc(/C=C(/C(=O)O)C2CC[C@@]3(C)C(=CCC4C3CC[C@@]3(C)C4CC[C@@H]3[C@H](C)CCC(C)C(C)C)C2)ccc1O. The topological polar surface area (TPSA) is 66.8 Å². The number of methoxy groups -OCH3 is 1. The number of benzene rings is 1. The maximum Gasteiger partial charge on any atom is 0.331 e. The molecule has 5 unspecified atom stereocenters. The highest BCUT2D eigenvalue weighted by molar-refractivity contribution is 5.93. The second-order valence-electron chi connectivity index (χ2n) is 15.5. The van der Waals surface area contributed by atoms with Crippen molar-refractivity contribution in [3.63, 3.8) is 0 Å². The summed E-state index contributed by atoms with van der Waals surface area (Å²) >= 11 is 0. The summed E-state index contributed by atoms with van der Waals surface area (Å²) in [5.41, 5.74) is 3.42. The van der Waals surface area contributed by atoms with E-state index in [1.54, 1.807) is 24.3 Å². The summed E-state index contributed by atoms with van der Waals surface area (Å²) in [4.78, 5) is 12.5. The zero-order valence-corrected chi connectivity index (χ0v) is 27.3. The van der Waals surface area contributed by atoms with Gasteiger partial charge in [0.15, 0.2) is 11.5 Å². The number of hydrogen-bond acceptors (Lipinski definition) is 3. The van der Waals surface area contributed by atoms with Crippen molar-refractivity contribution in [3.8, 4) is 11.5 Å². The maximum absolute atomic E-state index is 12.5. The van der Waals surface area contributed by atoms with Gasteiger partial charge in [0.25, 0.3) is 0 Å². The fourth-order valence-electron chi connectivity index (χ4n) is 10.3. The molecule has 0 spiro atoms. The van der Waals surface area contributed by atoms with Crippen LogP contribution in [0, 0.1) is 58.2 Å². The third-order valence-electron chi connectivity index (χ3n) is 13.3. The van der Waals surface area contributed by atoms with Crippen molar-refractivity contribution in [2.24, 2.45) is 58.2 Å². The van der Waals surface area contributed by atoms with E-state index in [0.717, 1.165) is 66.3 Å². The molecule has 232 valence electrons. The number of carbonyl (C=O) groups is 1. The van der Waals surface area contributed by atoms with Crippen LogP contribution < -0.4 is 4.74 Å². The number of allylic oxidation sites excluding steroid dienone is 2. The number of phenols is 1. The van der Waals surface area contributed by atoms with Crippen molar-refractivity contribution in [2.75, 3.05) is 7.11 Å². The Bertz CT molecular complexity index is 1210. The minimum absolute atomic E-state index is 0.0111. The van der Waals surface area contributed by atoms with Gasteiger partial charge >= 0.3 is 5.97 Å². The third-order valence-corrected chi connectivity index (χ3v) is 13.3. The number of aromatic hydroxyl groups is 1. The molecule has 0 amide bonds. The molecule has 0 aromatic heterocycles. The van der Waals surface area contributed by atoms with E-state index in [1.807, 2.05) is 0 Å². The number of rotatable bonds is 9. The Morgan fingerprint density at radius 2 is 1.81 bits per heavy atom. The number of aliphatic carboxylic acids is 1. The van der Waals surface area contributed by atoms with Crippen LogP contribution in [0.2, 0.25) is 0 Å². The van der Waals surface area contributed by atoms with Crippen LogP contribution in [0.4, 0.5) is 0 Å². The summed E-state index contributed by atoms with van der Waals surface area (Å²) in [5, 5.41) is 20.2. The number of phenolic OH excluding ortho intramolecular Hbond substituents is 1. The average Bonchev–Trinajstić information content (AvgIpc) is 3.32. The second kappa shape index (κ2) is 12.0. The summed E-state index contributed by atoms with van der Waals surface area (Å²) in [7, 11) is 1.51. The minimum atomic E-state index is -0.840. The largest absolute Gasteiger partial charge is 0.504 e. The van der Waals surface area contributed by atoms with Crippen molar-refractivity contribution >= 4 is 12.0 Å². The predicted octanol–water partition coefficient (Wildman–Crippen LogP) is 9.77. The van der Waals surface area contributed by atoms with Gasteiger partial charge in [-0.2, -0.15) is 0 Å². The van der Waals surface area contributed by atoms with E-state index in [2.05, 4.69) is 47.6 Å². The first-order valence-corrected chi connectivity index (χ1v) is 16.9. The van der Waals surface area contributed by atoms with E-state index in [1.165, 1.54) is 57.6 Å². The highest BCUT2D eigenvalue weighted by Gasteiger charge is 2.59. The number of ether oxygens (including phenoxy) is 1. The molecule has 4 aliphatic rings. The van der Waals surface area contributed by atoms with Crippen LogP contribution in [-0.2, 0) is 4.79 Å². The minimum Gasteiger partial charge on any atom is -0.504 e. The van der Waals surface area contributed by atoms with Gasteiger partial charge in [0, 0.05) is 5.57 Å². The van der Waals surface area contributed by atoms with Crippen LogP contribution in [0.3, 0.4) is 0 Å². The summed E-state index contributed by atoms with van der Waals surface area (Å²) < 4.78 is 5.26. The molecule has 3 fully saturated rings. The van der Waals surface area contributed by atoms with Crippen LogP contribution in [0.5, 0.6) is 11.5 Å². The summed E-state index contributed by atoms with van der Waals surface area (Å²) in [6.45, 7) is 14.9. The Morgan fingerprint density at radius 1 is 1.05 bits per heavy atom. The standard InChI is InChI=1S/C38H56O4/c1-23(2)24(3)8-9-25(4)31-13-14-32-29-12-11-28-22-27(16-18-37(28,5)33(29)17-19-38(31,32)6)30(36(40)41)20-26-10-15-34(39)35(21-26)42-7/h10-11,15,20-21,23-25,27,29,31-33,39H,8-9,12-14,16-19,22H2,1-7H3,(H,40,41)/b30-20+/t24?,25-,27?,29?,31-,32?,33?,37+,38-/m1/s1. The van der Waals surface area contributed by atoms with Crippen LogP contribution in [0.25, 0.3) is 6.08 Å². The molecular weight excluding hydrogens is 520 g/mol. The summed E-state index contributed by atoms with van der Waals surface area (Å²) in [6.07, 6.45) is 16.6. The monoisotopic (exact) mass is 576 g/mol. The molecule has 0 bridgehead atoms. The Morgan fingerprint density at radius 3 is 2.50 bits per heavy atom. The smallest absolute Gasteiger partial charge is 0.331 e. The van der Waals surface area contributed by atoms with Gasteiger partial charge in [-0.25, -0.2) is 4.79 Å². The molecule has 1 aromatic carbocycles. The van der Waals surface area contributed by atoms with Gasteiger partial charge in [0.05, 0.1) is 7.11 Å². The number of hydrogen-bond donors (Lipinski definition) is 2. The molecule has 0 radical (unpaired) electrons. The van der Waals surface area contributed by atoms with Gasteiger partial charge in [-0.05, 0) is 133 Å². The fourth-order valence-corrected chi connectivity index (χ4v) is 10.3. The average molecular weight is 577 g/mol. The van der Waals surface area contributed by atoms with Crippen molar-refractivity contribution < 1.29 is 19.7 Å². The van der Waals surface area contributed by atoms with Crippen molar-refractivity contribution in [2.45, 2.75) is 106 Å². The quantitative estimate of drug-likeness (QED) is 0.227. The molecule has 3 saturated carbocycles. The van der Waals surface area contributed by atoms with E-state index >= 15 is 0 Å². The van der Waals surface area contributed by atoms with E-state index in [9.17, 15) is 15.0 Å². The molecule has 4 heteroatoms. The first kappa shape index (κ1) is 31.2. The lowest BCUT2D eigenvalue weighted by atomic mass is 9.46. The Labute approximate surface area is 255 Å². The third kappa shape index (κ3) is 5.57. The Kier molecular flexibility index (Phi) is 8.95. The molecule has 5 rings (SSSR count). The molecule has 4 nitrogen and oxygen atoms in total. The highest BCUT2D eigenvalue weighted by atomic mass is 16.5. The Balaban J connectivity index is 1.32. The molecule has 1 aromatic rings. The molecule has 0 saturated heterocycles. The van der Waals surface area contributed by atoms with Gasteiger partial charge in [0.2, 0.25) is 0 Å². The van der Waals surface area contributed by atoms with Gasteiger partial charge in [0.1, 0.15) is 0 Å². The lowest BCUT2D eigenvalue weighted by Gasteiger charge is -2.58. The molecule has 4 aliphatic carbocycles. The van der Waals surface area contributed by atoms with Gasteiger partial charge < -0.3 is 14.9 Å². The van der Waals surface area contributed by atoms with Crippen LogP contribution in [0.15, 0.2) is 35.4 Å². The van der Waals surface area contributed by atoms with Gasteiger partial charge in [-0.1, -0.05) is 72.1 Å². The van der Waals surface area contributed by atoms with Crippen LogP contribution in [-0.4, -0.2) is 23.3 Å². The van der Waals surface area contributed by atoms with Gasteiger partial charge in [-0.15, -0.1) is 0 Å². The molecule has 0 aliphatic heterocycles. The summed E-state index contributed by atoms with van der Waals surface area (Å²) in [6, 6.07) is 5.05.